The summed E-state index contributed by atoms with van der Waals surface area (Å²) >= 11 is 3.20. The van der Waals surface area contributed by atoms with Crippen molar-refractivity contribution in [1.29, 1.82) is 0 Å². The van der Waals surface area contributed by atoms with Crippen LogP contribution in [0.1, 0.15) is 5.56 Å². The molecule has 84 valence electrons. The number of halogens is 4. The van der Waals surface area contributed by atoms with Gasteiger partial charge in [-0.2, -0.15) is 13.2 Å². The first kappa shape index (κ1) is 12.5. The fourth-order valence-electron chi connectivity index (χ4n) is 1.20. The Labute approximate surface area is 94.4 Å². The summed E-state index contributed by atoms with van der Waals surface area (Å²) in [6, 6.07) is 6.80. The Morgan fingerprint density at radius 2 is 1.93 bits per heavy atom. The lowest BCUT2D eigenvalue weighted by molar-refractivity contribution is -0.212. The summed E-state index contributed by atoms with van der Waals surface area (Å²) in [5.74, 6) is 0. The largest absolute Gasteiger partial charge is 0.414 e. The summed E-state index contributed by atoms with van der Waals surface area (Å²) in [6.45, 7) is 0. The maximum absolute atomic E-state index is 12.4. The SMILES string of the molecule is COC(Cc1ccccc1Br)C(F)(F)F. The van der Waals surface area contributed by atoms with Gasteiger partial charge in [0.25, 0.3) is 0 Å². The van der Waals surface area contributed by atoms with Crippen LogP contribution >= 0.6 is 15.9 Å². The van der Waals surface area contributed by atoms with Crippen molar-refractivity contribution < 1.29 is 17.9 Å². The van der Waals surface area contributed by atoms with Crippen molar-refractivity contribution in [2.75, 3.05) is 7.11 Å². The van der Waals surface area contributed by atoms with Gasteiger partial charge in [0.15, 0.2) is 6.10 Å². The predicted molar refractivity (Wildman–Crippen MR) is 54.7 cm³/mol. The minimum absolute atomic E-state index is 0.179. The summed E-state index contributed by atoms with van der Waals surface area (Å²) in [5, 5.41) is 0. The van der Waals surface area contributed by atoms with Crippen LogP contribution in [0.15, 0.2) is 28.7 Å². The fourth-order valence-corrected chi connectivity index (χ4v) is 1.64. The number of hydrogen-bond acceptors (Lipinski definition) is 1. The fraction of sp³-hybridized carbons (Fsp3) is 0.400. The standard InChI is InChI=1S/C10H10BrF3O/c1-15-9(10(12,13)14)6-7-4-2-3-5-8(7)11/h2-5,9H,6H2,1H3. The molecule has 0 spiro atoms. The molecular formula is C10H10BrF3O. The Hall–Kier alpha value is -0.550. The predicted octanol–water partition coefficient (Wildman–Crippen LogP) is 3.57. The summed E-state index contributed by atoms with van der Waals surface area (Å²) in [5.41, 5.74) is 0.585. The second kappa shape index (κ2) is 4.99. The quantitative estimate of drug-likeness (QED) is 0.824. The van der Waals surface area contributed by atoms with Gasteiger partial charge in [-0.15, -0.1) is 0 Å². The number of alkyl halides is 3. The Morgan fingerprint density at radius 1 is 1.33 bits per heavy atom. The molecule has 0 radical (unpaired) electrons. The van der Waals surface area contributed by atoms with Gasteiger partial charge in [0.1, 0.15) is 0 Å². The topological polar surface area (TPSA) is 9.23 Å². The van der Waals surface area contributed by atoms with Crippen LogP contribution in [0.5, 0.6) is 0 Å². The van der Waals surface area contributed by atoms with E-state index in [0.717, 1.165) is 7.11 Å². The molecule has 0 fully saturated rings. The van der Waals surface area contributed by atoms with Crippen LogP contribution in [0.3, 0.4) is 0 Å². The lowest BCUT2D eigenvalue weighted by atomic mass is 10.1. The van der Waals surface area contributed by atoms with Gasteiger partial charge in [0.2, 0.25) is 0 Å². The first-order chi connectivity index (χ1) is 6.95. The van der Waals surface area contributed by atoms with Crippen LogP contribution in [0.4, 0.5) is 13.2 Å². The van der Waals surface area contributed by atoms with Crippen molar-refractivity contribution in [3.05, 3.63) is 34.3 Å². The van der Waals surface area contributed by atoms with E-state index in [-0.39, 0.29) is 6.42 Å². The van der Waals surface area contributed by atoms with Crippen molar-refractivity contribution >= 4 is 15.9 Å². The summed E-state index contributed by atoms with van der Waals surface area (Å²) in [7, 11) is 1.06. The van der Waals surface area contributed by atoms with Crippen molar-refractivity contribution in [2.24, 2.45) is 0 Å². The number of ether oxygens (including phenoxy) is 1. The number of rotatable bonds is 3. The minimum atomic E-state index is -4.33. The molecule has 5 heteroatoms. The molecule has 0 amide bonds. The highest BCUT2D eigenvalue weighted by Gasteiger charge is 2.39. The average molecular weight is 283 g/mol. The Bertz CT molecular complexity index is 325. The van der Waals surface area contributed by atoms with Crippen LogP contribution in [-0.2, 0) is 11.2 Å². The first-order valence-electron chi connectivity index (χ1n) is 4.28. The van der Waals surface area contributed by atoms with Crippen LogP contribution in [0.2, 0.25) is 0 Å². The summed E-state index contributed by atoms with van der Waals surface area (Å²) in [4.78, 5) is 0. The van der Waals surface area contributed by atoms with Gasteiger partial charge in [-0.25, -0.2) is 0 Å². The van der Waals surface area contributed by atoms with E-state index in [1.165, 1.54) is 0 Å². The highest BCUT2D eigenvalue weighted by Crippen LogP contribution is 2.27. The van der Waals surface area contributed by atoms with E-state index < -0.39 is 12.3 Å². The van der Waals surface area contributed by atoms with Gasteiger partial charge in [-0.3, -0.25) is 0 Å². The molecule has 0 aliphatic carbocycles. The van der Waals surface area contributed by atoms with E-state index in [0.29, 0.717) is 10.0 Å². The van der Waals surface area contributed by atoms with Crippen LogP contribution in [0.25, 0.3) is 0 Å². The van der Waals surface area contributed by atoms with Crippen LogP contribution < -0.4 is 0 Å². The van der Waals surface area contributed by atoms with E-state index in [1.54, 1.807) is 24.3 Å². The molecule has 0 aliphatic rings. The third kappa shape index (κ3) is 3.50. The first-order valence-corrected chi connectivity index (χ1v) is 5.07. The van der Waals surface area contributed by atoms with Crippen molar-refractivity contribution in [1.82, 2.24) is 0 Å². The Balaban J connectivity index is 2.80. The van der Waals surface area contributed by atoms with Gasteiger partial charge in [-0.1, -0.05) is 34.1 Å². The molecular weight excluding hydrogens is 273 g/mol. The van der Waals surface area contributed by atoms with Gasteiger partial charge >= 0.3 is 6.18 Å². The zero-order chi connectivity index (χ0) is 11.5. The van der Waals surface area contributed by atoms with Crippen LogP contribution in [-0.4, -0.2) is 19.4 Å². The molecule has 0 saturated carbocycles. The van der Waals surface area contributed by atoms with Crippen LogP contribution in [0, 0.1) is 0 Å². The van der Waals surface area contributed by atoms with Gasteiger partial charge in [0, 0.05) is 18.0 Å². The van der Waals surface area contributed by atoms with E-state index in [2.05, 4.69) is 20.7 Å². The minimum Gasteiger partial charge on any atom is -0.372 e. The second-order valence-corrected chi connectivity index (χ2v) is 3.92. The van der Waals surface area contributed by atoms with Crippen molar-refractivity contribution in [3.63, 3.8) is 0 Å². The van der Waals surface area contributed by atoms with Crippen molar-refractivity contribution in [2.45, 2.75) is 18.7 Å². The zero-order valence-corrected chi connectivity index (χ0v) is 9.60. The third-order valence-electron chi connectivity index (χ3n) is 2.01. The van der Waals surface area contributed by atoms with Gasteiger partial charge in [-0.05, 0) is 11.6 Å². The number of methoxy groups -OCH3 is 1. The van der Waals surface area contributed by atoms with Gasteiger partial charge < -0.3 is 4.74 Å². The maximum Gasteiger partial charge on any atom is 0.414 e. The smallest absolute Gasteiger partial charge is 0.372 e. The molecule has 1 rings (SSSR count). The molecule has 0 bridgehead atoms. The Kier molecular flexibility index (Phi) is 4.16. The summed E-state index contributed by atoms with van der Waals surface area (Å²) < 4.78 is 42.3. The molecule has 1 aromatic carbocycles. The summed E-state index contributed by atoms with van der Waals surface area (Å²) in [6.07, 6.45) is -6.26. The molecule has 0 aromatic heterocycles. The highest BCUT2D eigenvalue weighted by atomic mass is 79.9. The highest BCUT2D eigenvalue weighted by molar-refractivity contribution is 9.10. The van der Waals surface area contributed by atoms with E-state index in [9.17, 15) is 13.2 Å². The molecule has 0 aliphatic heterocycles. The molecule has 0 saturated heterocycles. The molecule has 15 heavy (non-hydrogen) atoms. The zero-order valence-electron chi connectivity index (χ0n) is 8.01. The monoisotopic (exact) mass is 282 g/mol. The van der Waals surface area contributed by atoms with Gasteiger partial charge in [0.05, 0.1) is 0 Å². The van der Waals surface area contributed by atoms with E-state index in [1.807, 2.05) is 0 Å². The normalized spacial score (nSPS) is 13.9. The molecule has 0 heterocycles. The molecule has 1 aromatic rings. The molecule has 0 N–H and O–H groups in total. The Morgan fingerprint density at radius 3 is 2.40 bits per heavy atom. The second-order valence-electron chi connectivity index (χ2n) is 3.06. The van der Waals surface area contributed by atoms with E-state index in [4.69, 9.17) is 0 Å². The molecule has 1 atom stereocenters. The molecule has 1 unspecified atom stereocenters. The number of hydrogen-bond donors (Lipinski definition) is 0. The maximum atomic E-state index is 12.4. The average Bonchev–Trinajstić information content (AvgIpc) is 2.14. The lowest BCUT2D eigenvalue weighted by Crippen LogP contribution is -2.32. The third-order valence-corrected chi connectivity index (χ3v) is 2.79. The van der Waals surface area contributed by atoms with Crippen molar-refractivity contribution in [3.8, 4) is 0 Å². The molecule has 1 nitrogen and oxygen atoms in total. The lowest BCUT2D eigenvalue weighted by Gasteiger charge is -2.19. The van der Waals surface area contributed by atoms with E-state index >= 15 is 0 Å². The number of benzene rings is 1.